The van der Waals surface area contributed by atoms with Crippen LogP contribution in [0, 0.1) is 12.7 Å². The van der Waals surface area contributed by atoms with E-state index in [0.29, 0.717) is 10.0 Å². The van der Waals surface area contributed by atoms with Crippen LogP contribution in [0.5, 0.6) is 5.75 Å². The minimum atomic E-state index is -1.06. The Hall–Kier alpha value is -1.88. The molecule has 0 saturated heterocycles. The minimum absolute atomic E-state index is 0.0854. The Bertz CT molecular complexity index is 656. The summed E-state index contributed by atoms with van der Waals surface area (Å²) < 4.78 is 19.2. The molecule has 2 aromatic rings. The largest absolute Gasteiger partial charge is 0.488 e. The number of benzene rings is 2. The van der Waals surface area contributed by atoms with Crippen LogP contribution in [0.1, 0.15) is 21.5 Å². The summed E-state index contributed by atoms with van der Waals surface area (Å²) in [5, 5.41) is 9.10. The van der Waals surface area contributed by atoms with Gasteiger partial charge in [-0.05, 0) is 46.6 Å². The molecule has 0 heterocycles. The van der Waals surface area contributed by atoms with Gasteiger partial charge in [-0.25, -0.2) is 9.18 Å². The molecule has 3 nitrogen and oxygen atoms in total. The lowest BCUT2D eigenvalue weighted by Crippen LogP contribution is -2.04. The number of hydrogen-bond donors (Lipinski definition) is 1. The summed E-state index contributed by atoms with van der Waals surface area (Å²) in [5.41, 5.74) is 1.59. The fourth-order valence-corrected chi connectivity index (χ4v) is 2.12. The molecule has 0 amide bonds. The van der Waals surface area contributed by atoms with Gasteiger partial charge in [-0.3, -0.25) is 0 Å². The number of ether oxygens (including phenoxy) is 1. The van der Waals surface area contributed by atoms with Crippen molar-refractivity contribution in [2.75, 3.05) is 0 Å². The Kier molecular flexibility index (Phi) is 4.39. The van der Waals surface area contributed by atoms with E-state index in [9.17, 15) is 9.18 Å². The van der Waals surface area contributed by atoms with E-state index in [1.807, 2.05) is 6.92 Å². The van der Waals surface area contributed by atoms with Crippen LogP contribution in [-0.4, -0.2) is 11.1 Å². The molecular weight excluding hydrogens is 327 g/mol. The van der Waals surface area contributed by atoms with Crippen molar-refractivity contribution in [3.63, 3.8) is 0 Å². The van der Waals surface area contributed by atoms with Crippen molar-refractivity contribution >= 4 is 21.9 Å². The number of carboxylic acids is 1. The fourth-order valence-electron chi connectivity index (χ4n) is 1.74. The third kappa shape index (κ3) is 3.17. The van der Waals surface area contributed by atoms with Crippen LogP contribution in [0.25, 0.3) is 0 Å². The van der Waals surface area contributed by atoms with Gasteiger partial charge in [0.05, 0.1) is 4.47 Å². The van der Waals surface area contributed by atoms with Crippen LogP contribution in [0.4, 0.5) is 4.39 Å². The van der Waals surface area contributed by atoms with E-state index in [-0.39, 0.29) is 23.7 Å². The lowest BCUT2D eigenvalue weighted by Gasteiger charge is -2.11. The molecule has 0 aliphatic heterocycles. The third-order valence-corrected chi connectivity index (χ3v) is 3.67. The van der Waals surface area contributed by atoms with Crippen molar-refractivity contribution in [1.29, 1.82) is 0 Å². The van der Waals surface area contributed by atoms with Gasteiger partial charge >= 0.3 is 5.97 Å². The fraction of sp³-hybridized carbons (Fsp3) is 0.133. The maximum absolute atomic E-state index is 13.4. The summed E-state index contributed by atoms with van der Waals surface area (Å²) in [7, 11) is 0. The number of carbonyl (C=O) groups is 1. The van der Waals surface area contributed by atoms with Crippen molar-refractivity contribution in [2.24, 2.45) is 0 Å². The van der Waals surface area contributed by atoms with Gasteiger partial charge in [0.25, 0.3) is 0 Å². The van der Waals surface area contributed by atoms with Crippen molar-refractivity contribution in [3.8, 4) is 5.75 Å². The Morgan fingerprint density at radius 3 is 2.80 bits per heavy atom. The first-order valence-corrected chi connectivity index (χ1v) is 6.68. The second kappa shape index (κ2) is 6.05. The minimum Gasteiger partial charge on any atom is -0.488 e. The van der Waals surface area contributed by atoms with Crippen LogP contribution in [0.2, 0.25) is 0 Å². The Balaban J connectivity index is 2.24. The number of hydrogen-bond acceptors (Lipinski definition) is 2. The maximum Gasteiger partial charge on any atom is 0.339 e. The molecule has 104 valence electrons. The van der Waals surface area contributed by atoms with Gasteiger partial charge in [-0.2, -0.15) is 0 Å². The van der Waals surface area contributed by atoms with Gasteiger partial charge in [-0.1, -0.05) is 18.2 Å². The van der Waals surface area contributed by atoms with Gasteiger partial charge in [0.2, 0.25) is 0 Å². The first-order chi connectivity index (χ1) is 9.49. The molecule has 2 rings (SSSR count). The molecule has 0 atom stereocenters. The van der Waals surface area contributed by atoms with Crippen LogP contribution >= 0.6 is 15.9 Å². The lowest BCUT2D eigenvalue weighted by atomic mass is 10.1. The summed E-state index contributed by atoms with van der Waals surface area (Å²) in [4.78, 5) is 11.1. The quantitative estimate of drug-likeness (QED) is 0.909. The number of halogens is 2. The Morgan fingerprint density at radius 2 is 2.10 bits per heavy atom. The molecule has 0 radical (unpaired) electrons. The third-order valence-electron chi connectivity index (χ3n) is 2.78. The predicted octanol–water partition coefficient (Wildman–Crippen LogP) is 4.17. The lowest BCUT2D eigenvalue weighted by molar-refractivity contribution is 0.0691. The highest BCUT2D eigenvalue weighted by Gasteiger charge is 2.12. The summed E-state index contributed by atoms with van der Waals surface area (Å²) >= 11 is 3.14. The molecule has 0 unspecified atom stereocenters. The van der Waals surface area contributed by atoms with Gasteiger partial charge in [0.1, 0.15) is 23.7 Å². The molecule has 0 aliphatic rings. The standard InChI is InChI=1S/C15H12BrFO3/c1-9-5-6-11(15(18)19)13(7-9)20-8-10-3-2-4-12(17)14(10)16/h2-7H,8H2,1H3,(H,18,19). The molecule has 2 aromatic carbocycles. The highest BCUT2D eigenvalue weighted by atomic mass is 79.9. The zero-order chi connectivity index (χ0) is 14.7. The first-order valence-electron chi connectivity index (χ1n) is 5.88. The Morgan fingerprint density at radius 1 is 1.35 bits per heavy atom. The molecule has 5 heteroatoms. The topological polar surface area (TPSA) is 46.5 Å². The highest BCUT2D eigenvalue weighted by Crippen LogP contribution is 2.25. The second-order valence-corrected chi connectivity index (χ2v) is 5.10. The van der Waals surface area contributed by atoms with Crippen molar-refractivity contribution in [2.45, 2.75) is 13.5 Å². The zero-order valence-electron chi connectivity index (χ0n) is 10.7. The maximum atomic E-state index is 13.4. The molecular formula is C15H12BrFO3. The average Bonchev–Trinajstić information content (AvgIpc) is 2.40. The molecule has 0 aromatic heterocycles. The molecule has 1 N–H and O–H groups in total. The van der Waals surface area contributed by atoms with Crippen molar-refractivity contribution in [3.05, 3.63) is 63.4 Å². The number of rotatable bonds is 4. The van der Waals surface area contributed by atoms with Gasteiger partial charge in [0.15, 0.2) is 0 Å². The number of carboxylic acid groups (broad SMARTS) is 1. The van der Waals surface area contributed by atoms with Crippen LogP contribution in [0.3, 0.4) is 0 Å². The zero-order valence-corrected chi connectivity index (χ0v) is 12.3. The van der Waals surface area contributed by atoms with Crippen molar-refractivity contribution in [1.82, 2.24) is 0 Å². The Labute approximate surface area is 124 Å². The normalized spacial score (nSPS) is 10.3. The van der Waals surface area contributed by atoms with E-state index < -0.39 is 5.97 Å². The molecule has 0 spiro atoms. The van der Waals surface area contributed by atoms with E-state index >= 15 is 0 Å². The number of aryl methyl sites for hydroxylation is 1. The summed E-state index contributed by atoms with van der Waals surface area (Å²) in [5.74, 6) is -1.17. The molecule has 20 heavy (non-hydrogen) atoms. The van der Waals surface area contributed by atoms with Crippen molar-refractivity contribution < 1.29 is 19.0 Å². The molecule has 0 aliphatic carbocycles. The summed E-state index contributed by atoms with van der Waals surface area (Å²) in [6.07, 6.45) is 0. The summed E-state index contributed by atoms with van der Waals surface area (Å²) in [6, 6.07) is 9.47. The monoisotopic (exact) mass is 338 g/mol. The second-order valence-electron chi connectivity index (χ2n) is 4.31. The molecule has 0 saturated carbocycles. The van der Waals surface area contributed by atoms with E-state index in [1.54, 1.807) is 24.3 Å². The highest BCUT2D eigenvalue weighted by molar-refractivity contribution is 9.10. The van der Waals surface area contributed by atoms with Gasteiger partial charge < -0.3 is 9.84 Å². The van der Waals surface area contributed by atoms with E-state index in [4.69, 9.17) is 9.84 Å². The average molecular weight is 339 g/mol. The molecule has 0 fully saturated rings. The van der Waals surface area contributed by atoms with Crippen LogP contribution in [0.15, 0.2) is 40.9 Å². The predicted molar refractivity (Wildman–Crippen MR) is 76.6 cm³/mol. The van der Waals surface area contributed by atoms with E-state index in [0.717, 1.165) is 5.56 Å². The van der Waals surface area contributed by atoms with E-state index in [2.05, 4.69) is 15.9 Å². The first kappa shape index (κ1) is 14.5. The van der Waals surface area contributed by atoms with Gasteiger partial charge in [-0.15, -0.1) is 0 Å². The van der Waals surface area contributed by atoms with E-state index in [1.165, 1.54) is 12.1 Å². The smallest absolute Gasteiger partial charge is 0.339 e. The SMILES string of the molecule is Cc1ccc(C(=O)O)c(OCc2cccc(F)c2Br)c1. The summed E-state index contributed by atoms with van der Waals surface area (Å²) in [6.45, 7) is 1.93. The molecule has 0 bridgehead atoms. The number of aromatic carboxylic acids is 1. The van der Waals surface area contributed by atoms with Gasteiger partial charge in [0, 0.05) is 5.56 Å². The van der Waals surface area contributed by atoms with Crippen LogP contribution < -0.4 is 4.74 Å². The van der Waals surface area contributed by atoms with Crippen LogP contribution in [-0.2, 0) is 6.61 Å².